The van der Waals surface area contributed by atoms with Crippen molar-refractivity contribution >= 4 is 29.9 Å². The Morgan fingerprint density at radius 1 is 1.19 bits per heavy atom. The summed E-state index contributed by atoms with van der Waals surface area (Å²) in [5.74, 6) is 0.985. The lowest BCUT2D eigenvalue weighted by atomic mass is 10.1. The third-order valence-corrected chi connectivity index (χ3v) is 3.51. The van der Waals surface area contributed by atoms with E-state index in [4.69, 9.17) is 0 Å². The van der Waals surface area contributed by atoms with Gasteiger partial charge in [-0.15, -0.1) is 24.0 Å². The normalized spacial score (nSPS) is 13.8. The van der Waals surface area contributed by atoms with Crippen molar-refractivity contribution in [1.29, 1.82) is 0 Å². The van der Waals surface area contributed by atoms with Crippen LogP contribution >= 0.6 is 24.0 Å². The molecule has 112 valence electrons. The van der Waals surface area contributed by atoms with Gasteiger partial charge in [0, 0.05) is 32.5 Å². The molecule has 2 heterocycles. The minimum Gasteiger partial charge on any atom is -0.352 e. The highest BCUT2D eigenvalue weighted by molar-refractivity contribution is 14.0. The third kappa shape index (κ3) is 3.96. The second-order valence-electron chi connectivity index (χ2n) is 4.95. The maximum atomic E-state index is 4.45. The number of guanidine groups is 1. The monoisotopic (exact) mass is 397 g/mol. The second-order valence-corrected chi connectivity index (χ2v) is 4.95. The summed E-state index contributed by atoms with van der Waals surface area (Å²) in [4.78, 5) is 6.60. The van der Waals surface area contributed by atoms with Crippen LogP contribution in [0.5, 0.6) is 0 Å². The van der Waals surface area contributed by atoms with Gasteiger partial charge in [0.2, 0.25) is 0 Å². The van der Waals surface area contributed by atoms with Gasteiger partial charge in [-0.2, -0.15) is 5.10 Å². The van der Waals surface area contributed by atoms with Gasteiger partial charge in [-0.25, -0.2) is 0 Å². The molecule has 1 aromatic carbocycles. The molecule has 0 aliphatic carbocycles. The van der Waals surface area contributed by atoms with Gasteiger partial charge in [-0.1, -0.05) is 24.3 Å². The number of aromatic nitrogens is 2. The highest BCUT2D eigenvalue weighted by Crippen LogP contribution is 2.10. The maximum absolute atomic E-state index is 4.45. The van der Waals surface area contributed by atoms with Gasteiger partial charge in [-0.3, -0.25) is 9.67 Å². The van der Waals surface area contributed by atoms with Crippen LogP contribution in [0.4, 0.5) is 0 Å². The number of hydrogen-bond donors (Lipinski definition) is 1. The molecule has 0 spiro atoms. The van der Waals surface area contributed by atoms with E-state index in [0.29, 0.717) is 0 Å². The van der Waals surface area contributed by atoms with Crippen LogP contribution in [0.2, 0.25) is 0 Å². The number of aliphatic imine (C=N–C) groups is 1. The molecule has 1 N–H and O–H groups in total. The number of hydrogen-bond acceptors (Lipinski definition) is 4. The van der Waals surface area contributed by atoms with Crippen molar-refractivity contribution in [3.8, 4) is 0 Å². The van der Waals surface area contributed by atoms with Crippen molar-refractivity contribution in [1.82, 2.24) is 20.0 Å². The average molecular weight is 397 g/mol. The molecule has 0 saturated heterocycles. The molecular formula is C15H20IN5. The number of rotatable bonds is 4. The average Bonchev–Trinajstić information content (AvgIpc) is 3.10. The largest absolute Gasteiger partial charge is 0.352 e. The Morgan fingerprint density at radius 3 is 2.67 bits per heavy atom. The molecule has 3 rings (SSSR count). The van der Waals surface area contributed by atoms with Gasteiger partial charge < -0.3 is 10.2 Å². The minimum atomic E-state index is 0. The van der Waals surface area contributed by atoms with Crippen LogP contribution in [0.25, 0.3) is 0 Å². The smallest absolute Gasteiger partial charge is 0.194 e. The van der Waals surface area contributed by atoms with Gasteiger partial charge >= 0.3 is 0 Å². The van der Waals surface area contributed by atoms with Gasteiger partial charge in [0.1, 0.15) is 0 Å². The van der Waals surface area contributed by atoms with Crippen LogP contribution in [0.3, 0.4) is 0 Å². The Bertz CT molecular complexity index is 594. The highest BCUT2D eigenvalue weighted by atomic mass is 127. The lowest BCUT2D eigenvalue weighted by molar-refractivity contribution is 0.533. The zero-order valence-electron chi connectivity index (χ0n) is 12.1. The number of nitrogens with zero attached hydrogens (tertiary/aromatic N) is 4. The molecule has 0 amide bonds. The van der Waals surface area contributed by atoms with Crippen molar-refractivity contribution < 1.29 is 0 Å². The summed E-state index contributed by atoms with van der Waals surface area (Å²) >= 11 is 0. The Morgan fingerprint density at radius 2 is 2.00 bits per heavy atom. The Kier molecular flexibility index (Phi) is 5.60. The topological polar surface area (TPSA) is 45.5 Å². The van der Waals surface area contributed by atoms with E-state index in [1.54, 1.807) is 0 Å². The lowest BCUT2D eigenvalue weighted by Gasteiger charge is -2.16. The van der Waals surface area contributed by atoms with Crippen molar-refractivity contribution in [2.24, 2.45) is 4.99 Å². The van der Waals surface area contributed by atoms with E-state index in [0.717, 1.165) is 32.1 Å². The van der Waals surface area contributed by atoms with E-state index in [1.807, 2.05) is 23.1 Å². The lowest BCUT2D eigenvalue weighted by Crippen LogP contribution is -2.35. The van der Waals surface area contributed by atoms with Crippen LogP contribution in [0, 0.1) is 0 Å². The Labute approximate surface area is 142 Å². The number of nitrogens with one attached hydrogen (secondary N) is 1. The highest BCUT2D eigenvalue weighted by Gasteiger charge is 2.12. The van der Waals surface area contributed by atoms with Crippen LogP contribution in [0.1, 0.15) is 11.1 Å². The quantitative estimate of drug-likeness (QED) is 0.803. The molecule has 5 nitrogen and oxygen atoms in total. The predicted octanol–water partition coefficient (Wildman–Crippen LogP) is 1.94. The molecule has 1 aromatic heterocycles. The van der Waals surface area contributed by atoms with Gasteiger partial charge in [-0.05, 0) is 17.2 Å². The molecule has 0 fully saturated rings. The summed E-state index contributed by atoms with van der Waals surface area (Å²) in [5.41, 5.74) is 2.57. The first-order valence-corrected chi connectivity index (χ1v) is 6.86. The van der Waals surface area contributed by atoms with E-state index in [2.05, 4.69) is 51.6 Å². The van der Waals surface area contributed by atoms with Gasteiger partial charge in [0.15, 0.2) is 5.96 Å². The third-order valence-electron chi connectivity index (χ3n) is 3.51. The van der Waals surface area contributed by atoms with Crippen LogP contribution in [-0.4, -0.2) is 40.8 Å². The first kappa shape index (κ1) is 15.8. The number of halogens is 1. The van der Waals surface area contributed by atoms with Crippen molar-refractivity contribution in [3.05, 3.63) is 53.9 Å². The molecule has 0 radical (unpaired) electrons. The zero-order chi connectivity index (χ0) is 13.8. The van der Waals surface area contributed by atoms with E-state index >= 15 is 0 Å². The van der Waals surface area contributed by atoms with E-state index in [9.17, 15) is 0 Å². The van der Waals surface area contributed by atoms with Crippen molar-refractivity contribution in [3.63, 3.8) is 0 Å². The van der Waals surface area contributed by atoms with Crippen LogP contribution in [0.15, 0.2) is 47.7 Å². The Balaban J connectivity index is 0.00000161. The standard InChI is InChI=1S/C15H19N5.HI/c1-19-10-8-16-15(19)17-11-13-5-2-3-6-14(13)12-20-9-4-7-18-20;/h2-7,9H,8,10-12H2,1H3,(H,16,17);1H. The molecule has 1 aliphatic heterocycles. The maximum Gasteiger partial charge on any atom is 0.194 e. The molecule has 0 saturated carbocycles. The molecule has 6 heteroatoms. The van der Waals surface area contributed by atoms with Gasteiger partial charge in [0.25, 0.3) is 0 Å². The second kappa shape index (κ2) is 7.44. The SMILES string of the molecule is CN1CCN=C1NCc1ccccc1Cn1cccn1.I. The molecule has 0 atom stereocenters. The van der Waals surface area contributed by atoms with Gasteiger partial charge in [0.05, 0.1) is 13.1 Å². The van der Waals surface area contributed by atoms with E-state index in [-0.39, 0.29) is 24.0 Å². The fourth-order valence-corrected chi connectivity index (χ4v) is 2.35. The Hall–Kier alpha value is -1.57. The molecule has 21 heavy (non-hydrogen) atoms. The molecule has 0 unspecified atom stereocenters. The molecular weight excluding hydrogens is 377 g/mol. The molecule has 2 aromatic rings. The summed E-state index contributed by atoms with van der Waals surface area (Å²) < 4.78 is 1.94. The molecule has 1 aliphatic rings. The van der Waals surface area contributed by atoms with E-state index in [1.165, 1.54) is 11.1 Å². The summed E-state index contributed by atoms with van der Waals surface area (Å²) in [6.45, 7) is 3.47. The summed E-state index contributed by atoms with van der Waals surface area (Å²) in [5, 5.41) is 7.68. The molecule has 0 bridgehead atoms. The minimum absolute atomic E-state index is 0. The first-order valence-electron chi connectivity index (χ1n) is 6.86. The summed E-state index contributed by atoms with van der Waals surface area (Å²) in [6, 6.07) is 10.4. The van der Waals surface area contributed by atoms with Crippen LogP contribution in [-0.2, 0) is 13.1 Å². The number of benzene rings is 1. The fraction of sp³-hybridized carbons (Fsp3) is 0.333. The predicted molar refractivity (Wildman–Crippen MR) is 95.0 cm³/mol. The summed E-state index contributed by atoms with van der Waals surface area (Å²) in [6.07, 6.45) is 3.79. The van der Waals surface area contributed by atoms with Crippen molar-refractivity contribution in [2.75, 3.05) is 20.1 Å². The zero-order valence-corrected chi connectivity index (χ0v) is 14.4. The first-order chi connectivity index (χ1) is 9.83. The summed E-state index contributed by atoms with van der Waals surface area (Å²) in [7, 11) is 2.06. The van der Waals surface area contributed by atoms with Crippen LogP contribution < -0.4 is 5.32 Å². The number of likely N-dealkylation sites (N-methyl/N-ethyl adjacent to an activating group) is 1. The van der Waals surface area contributed by atoms with E-state index < -0.39 is 0 Å². The fourth-order valence-electron chi connectivity index (χ4n) is 2.35. The van der Waals surface area contributed by atoms with Crippen molar-refractivity contribution in [2.45, 2.75) is 13.1 Å².